The van der Waals surface area contributed by atoms with Crippen LogP contribution in [0.4, 0.5) is 0 Å². The van der Waals surface area contributed by atoms with Crippen molar-refractivity contribution in [1.29, 1.82) is 0 Å². The fourth-order valence-electron chi connectivity index (χ4n) is 4.32. The zero-order valence-electron chi connectivity index (χ0n) is 16.4. The lowest BCUT2D eigenvalue weighted by Crippen LogP contribution is -2.36. The molecule has 1 fully saturated rings. The topological polar surface area (TPSA) is 69.0 Å². The second-order valence-electron chi connectivity index (χ2n) is 7.58. The van der Waals surface area contributed by atoms with Crippen LogP contribution in [0.1, 0.15) is 40.6 Å². The number of hydrogen-bond acceptors (Lipinski definition) is 5. The quantitative estimate of drug-likeness (QED) is 0.569. The minimum Gasteiger partial charge on any atom is -0.497 e. The van der Waals surface area contributed by atoms with Gasteiger partial charge in [0.2, 0.25) is 5.76 Å². The molecule has 2 aromatic carbocycles. The summed E-state index contributed by atoms with van der Waals surface area (Å²) >= 11 is 3.42. The van der Waals surface area contributed by atoms with Gasteiger partial charge in [-0.15, -0.1) is 0 Å². The minimum absolute atomic E-state index is 0.0392. The molecule has 3 heterocycles. The Kier molecular flexibility index (Phi) is 4.87. The predicted octanol–water partition coefficient (Wildman–Crippen LogP) is 4.29. The van der Waals surface area contributed by atoms with Gasteiger partial charge in [0.1, 0.15) is 11.3 Å². The van der Waals surface area contributed by atoms with E-state index >= 15 is 0 Å². The Morgan fingerprint density at radius 1 is 1.17 bits per heavy atom. The Balaban J connectivity index is 1.69. The van der Waals surface area contributed by atoms with E-state index in [4.69, 9.17) is 13.9 Å². The molecule has 2 atom stereocenters. The predicted molar refractivity (Wildman–Crippen MR) is 115 cm³/mol. The van der Waals surface area contributed by atoms with Gasteiger partial charge in [0, 0.05) is 17.6 Å². The number of carbonyl (C=O) groups is 1. The van der Waals surface area contributed by atoms with Crippen molar-refractivity contribution in [3.63, 3.8) is 0 Å². The van der Waals surface area contributed by atoms with Crippen molar-refractivity contribution < 1.29 is 18.7 Å². The average molecular weight is 470 g/mol. The van der Waals surface area contributed by atoms with Crippen LogP contribution in [0.25, 0.3) is 11.0 Å². The number of ether oxygens (including phenoxy) is 2. The van der Waals surface area contributed by atoms with Crippen LogP contribution in [0.3, 0.4) is 0 Å². The molecule has 2 aliphatic heterocycles. The molecule has 6 nitrogen and oxygen atoms in total. The minimum atomic E-state index is -0.526. The van der Waals surface area contributed by atoms with Crippen molar-refractivity contribution in [2.75, 3.05) is 20.3 Å². The molecule has 0 spiro atoms. The first-order valence-corrected chi connectivity index (χ1v) is 10.7. The van der Waals surface area contributed by atoms with Crippen molar-refractivity contribution in [3.05, 3.63) is 74.0 Å². The van der Waals surface area contributed by atoms with Crippen LogP contribution >= 0.6 is 15.9 Å². The third-order valence-corrected chi connectivity index (χ3v) is 6.28. The summed E-state index contributed by atoms with van der Waals surface area (Å²) in [6.07, 6.45) is 1.83. The number of hydrogen-bond donors (Lipinski definition) is 0. The molecule has 2 aliphatic rings. The number of benzene rings is 2. The number of halogens is 1. The van der Waals surface area contributed by atoms with E-state index in [-0.39, 0.29) is 23.2 Å². The molecule has 5 rings (SSSR count). The van der Waals surface area contributed by atoms with Gasteiger partial charge in [-0.2, -0.15) is 0 Å². The highest BCUT2D eigenvalue weighted by atomic mass is 79.9. The first-order chi connectivity index (χ1) is 14.6. The van der Waals surface area contributed by atoms with Gasteiger partial charge in [-0.3, -0.25) is 9.59 Å². The van der Waals surface area contributed by atoms with Crippen LogP contribution < -0.4 is 10.2 Å². The number of amides is 1. The van der Waals surface area contributed by atoms with Crippen LogP contribution in [0.15, 0.2) is 56.1 Å². The van der Waals surface area contributed by atoms with Gasteiger partial charge >= 0.3 is 0 Å². The van der Waals surface area contributed by atoms with E-state index in [0.29, 0.717) is 35.4 Å². The Labute approximate surface area is 181 Å². The van der Waals surface area contributed by atoms with Gasteiger partial charge in [0.05, 0.1) is 30.2 Å². The molecule has 0 N–H and O–H groups in total. The monoisotopic (exact) mass is 469 g/mol. The summed E-state index contributed by atoms with van der Waals surface area (Å²) in [4.78, 5) is 28.6. The molecular weight excluding hydrogens is 450 g/mol. The lowest BCUT2D eigenvalue weighted by Gasteiger charge is -2.27. The maximum Gasteiger partial charge on any atom is 0.291 e. The molecule has 30 heavy (non-hydrogen) atoms. The molecule has 154 valence electrons. The average Bonchev–Trinajstić information content (AvgIpc) is 3.37. The SMILES string of the molecule is COc1ccc([C@@H]2c3c(oc4ccc(Br)cc4c3=O)C(=O)N2C[C@H]2CCCO2)cc1. The summed E-state index contributed by atoms with van der Waals surface area (Å²) < 4.78 is 17.8. The summed E-state index contributed by atoms with van der Waals surface area (Å²) in [5.41, 5.74) is 1.44. The van der Waals surface area contributed by atoms with Gasteiger partial charge in [0.25, 0.3) is 5.91 Å². The number of nitrogens with zero attached hydrogens (tertiary/aromatic N) is 1. The molecule has 1 saturated heterocycles. The summed E-state index contributed by atoms with van der Waals surface area (Å²) in [5, 5.41) is 0.452. The molecular formula is C23H20BrNO5. The fraction of sp³-hybridized carbons (Fsp3) is 0.304. The van der Waals surface area contributed by atoms with E-state index in [1.807, 2.05) is 24.3 Å². The largest absolute Gasteiger partial charge is 0.497 e. The second-order valence-corrected chi connectivity index (χ2v) is 8.50. The van der Waals surface area contributed by atoms with Crippen molar-refractivity contribution >= 4 is 32.8 Å². The molecule has 3 aromatic rings. The van der Waals surface area contributed by atoms with Gasteiger partial charge in [-0.25, -0.2) is 0 Å². The smallest absolute Gasteiger partial charge is 0.291 e. The standard InChI is InChI=1S/C23H20BrNO5/c1-28-15-7-4-13(5-8-15)20-19-21(26)17-11-14(24)6-9-18(17)30-22(19)23(27)25(20)12-16-3-2-10-29-16/h4-9,11,16,20H,2-3,10,12H2,1H3/t16-,20-/m1/s1. The maximum absolute atomic E-state index is 13.5. The lowest BCUT2D eigenvalue weighted by molar-refractivity contribution is 0.0486. The van der Waals surface area contributed by atoms with Gasteiger partial charge < -0.3 is 18.8 Å². The van der Waals surface area contributed by atoms with Crippen molar-refractivity contribution in [3.8, 4) is 5.75 Å². The summed E-state index contributed by atoms with van der Waals surface area (Å²) in [7, 11) is 1.60. The van der Waals surface area contributed by atoms with Crippen LogP contribution in [-0.4, -0.2) is 37.2 Å². The van der Waals surface area contributed by atoms with E-state index in [0.717, 1.165) is 22.9 Å². The molecule has 7 heteroatoms. The molecule has 0 unspecified atom stereocenters. The number of carbonyl (C=O) groups excluding carboxylic acids is 1. The first kappa shape index (κ1) is 19.3. The zero-order valence-corrected chi connectivity index (χ0v) is 18.0. The summed E-state index contributed by atoms with van der Waals surface area (Å²) in [6, 6.07) is 12.2. The maximum atomic E-state index is 13.5. The number of rotatable bonds is 4. The van der Waals surface area contributed by atoms with Crippen LogP contribution in [0.5, 0.6) is 5.75 Å². The highest BCUT2D eigenvalue weighted by molar-refractivity contribution is 9.10. The Morgan fingerprint density at radius 3 is 2.67 bits per heavy atom. The van der Waals surface area contributed by atoms with E-state index in [1.165, 1.54) is 0 Å². The lowest BCUT2D eigenvalue weighted by atomic mass is 9.98. The second kappa shape index (κ2) is 7.56. The molecule has 0 saturated carbocycles. The summed E-state index contributed by atoms with van der Waals surface area (Å²) in [6.45, 7) is 1.11. The molecule has 1 amide bonds. The van der Waals surface area contributed by atoms with Gasteiger partial charge in [-0.1, -0.05) is 28.1 Å². The van der Waals surface area contributed by atoms with Crippen molar-refractivity contribution in [2.24, 2.45) is 0 Å². The first-order valence-electron chi connectivity index (χ1n) is 9.89. The Hall–Kier alpha value is -2.64. The van der Waals surface area contributed by atoms with E-state index in [9.17, 15) is 9.59 Å². The number of fused-ring (bicyclic) bond motifs is 2. The van der Waals surface area contributed by atoms with Crippen LogP contribution in [0, 0.1) is 0 Å². The van der Waals surface area contributed by atoms with Gasteiger partial charge in [-0.05, 0) is 48.7 Å². The highest BCUT2D eigenvalue weighted by Gasteiger charge is 2.43. The summed E-state index contributed by atoms with van der Waals surface area (Å²) in [5.74, 6) is 0.556. The van der Waals surface area contributed by atoms with Crippen molar-refractivity contribution in [1.82, 2.24) is 4.90 Å². The van der Waals surface area contributed by atoms with Crippen LogP contribution in [0.2, 0.25) is 0 Å². The molecule has 0 radical (unpaired) electrons. The van der Waals surface area contributed by atoms with E-state index in [2.05, 4.69) is 15.9 Å². The highest BCUT2D eigenvalue weighted by Crippen LogP contribution is 2.39. The van der Waals surface area contributed by atoms with E-state index in [1.54, 1.807) is 30.2 Å². The van der Waals surface area contributed by atoms with E-state index < -0.39 is 6.04 Å². The normalized spacial score (nSPS) is 20.7. The molecule has 0 bridgehead atoms. The molecule has 1 aromatic heterocycles. The third-order valence-electron chi connectivity index (χ3n) is 5.78. The van der Waals surface area contributed by atoms with Crippen molar-refractivity contribution in [2.45, 2.75) is 25.0 Å². The molecule has 0 aliphatic carbocycles. The van der Waals surface area contributed by atoms with Crippen LogP contribution in [-0.2, 0) is 4.74 Å². The Bertz CT molecular complexity index is 1180. The number of methoxy groups -OCH3 is 1. The zero-order chi connectivity index (χ0) is 20.8. The van der Waals surface area contributed by atoms with Gasteiger partial charge in [0.15, 0.2) is 5.43 Å². The fourth-order valence-corrected chi connectivity index (χ4v) is 4.68. The third kappa shape index (κ3) is 3.13. The Morgan fingerprint density at radius 2 is 1.97 bits per heavy atom.